The van der Waals surface area contributed by atoms with Crippen LogP contribution in [-0.2, 0) is 4.79 Å². The summed E-state index contributed by atoms with van der Waals surface area (Å²) in [6.07, 6.45) is 7.62. The summed E-state index contributed by atoms with van der Waals surface area (Å²) in [4.78, 5) is 13.2. The minimum absolute atomic E-state index is 0.560. The lowest BCUT2D eigenvalue weighted by Gasteiger charge is -2.38. The van der Waals surface area contributed by atoms with E-state index >= 15 is 0 Å². The molecule has 3 nitrogen and oxygen atoms in total. The standard InChI is InChI=1S/C11H17NO2/c1-3-7-12-8-5-6-11(4-2,9-12)10(13)14/h1H,4-9H2,2H3,(H,13,14). The molecular weight excluding hydrogens is 178 g/mol. The Hall–Kier alpha value is -1.01. The van der Waals surface area contributed by atoms with Crippen LogP contribution in [0.4, 0.5) is 0 Å². The maximum Gasteiger partial charge on any atom is 0.310 e. The normalized spacial score (nSPS) is 28.3. The Kier molecular flexibility index (Phi) is 3.54. The third-order valence-corrected chi connectivity index (χ3v) is 3.10. The van der Waals surface area contributed by atoms with E-state index in [4.69, 9.17) is 6.42 Å². The number of piperidine rings is 1. The second kappa shape index (κ2) is 4.47. The smallest absolute Gasteiger partial charge is 0.310 e. The van der Waals surface area contributed by atoms with E-state index in [9.17, 15) is 9.90 Å². The molecule has 0 bridgehead atoms. The second-order valence-electron chi connectivity index (χ2n) is 3.96. The molecule has 1 N–H and O–H groups in total. The molecule has 1 heterocycles. The van der Waals surface area contributed by atoms with Gasteiger partial charge in [-0.2, -0.15) is 0 Å². The molecule has 0 aromatic heterocycles. The number of hydrogen-bond acceptors (Lipinski definition) is 2. The summed E-state index contributed by atoms with van der Waals surface area (Å²) in [5.74, 6) is 1.89. The van der Waals surface area contributed by atoms with Gasteiger partial charge in [0.15, 0.2) is 0 Å². The highest BCUT2D eigenvalue weighted by Gasteiger charge is 2.40. The quantitative estimate of drug-likeness (QED) is 0.688. The Morgan fingerprint density at radius 3 is 2.93 bits per heavy atom. The zero-order valence-corrected chi connectivity index (χ0v) is 8.62. The minimum atomic E-state index is -0.679. The number of carbonyl (C=O) groups is 1. The molecule has 3 heteroatoms. The first-order chi connectivity index (χ1) is 6.64. The maximum atomic E-state index is 11.2. The van der Waals surface area contributed by atoms with E-state index in [1.807, 2.05) is 6.92 Å². The van der Waals surface area contributed by atoms with Crippen molar-refractivity contribution in [3.8, 4) is 12.3 Å². The Morgan fingerprint density at radius 2 is 2.43 bits per heavy atom. The monoisotopic (exact) mass is 195 g/mol. The molecule has 0 spiro atoms. The summed E-state index contributed by atoms with van der Waals surface area (Å²) in [6, 6.07) is 0. The van der Waals surface area contributed by atoms with Crippen molar-refractivity contribution in [2.24, 2.45) is 5.41 Å². The maximum absolute atomic E-state index is 11.2. The van der Waals surface area contributed by atoms with Gasteiger partial charge in [0.2, 0.25) is 0 Å². The van der Waals surface area contributed by atoms with Gasteiger partial charge in [-0.05, 0) is 25.8 Å². The molecule has 1 aliphatic heterocycles. The lowest BCUT2D eigenvalue weighted by Crippen LogP contribution is -2.47. The predicted molar refractivity (Wildman–Crippen MR) is 54.9 cm³/mol. The fourth-order valence-electron chi connectivity index (χ4n) is 2.11. The largest absolute Gasteiger partial charge is 0.481 e. The van der Waals surface area contributed by atoms with Crippen molar-refractivity contribution in [2.45, 2.75) is 26.2 Å². The summed E-state index contributed by atoms with van der Waals surface area (Å²) >= 11 is 0. The van der Waals surface area contributed by atoms with Crippen molar-refractivity contribution < 1.29 is 9.90 Å². The molecule has 0 aliphatic carbocycles. The van der Waals surface area contributed by atoms with Crippen LogP contribution in [0, 0.1) is 17.8 Å². The van der Waals surface area contributed by atoms with Crippen LogP contribution in [0.2, 0.25) is 0 Å². The molecule has 0 saturated carbocycles. The van der Waals surface area contributed by atoms with Crippen LogP contribution in [0.5, 0.6) is 0 Å². The van der Waals surface area contributed by atoms with E-state index < -0.39 is 11.4 Å². The average molecular weight is 195 g/mol. The van der Waals surface area contributed by atoms with Gasteiger partial charge >= 0.3 is 5.97 Å². The van der Waals surface area contributed by atoms with Crippen molar-refractivity contribution in [3.63, 3.8) is 0 Å². The van der Waals surface area contributed by atoms with E-state index in [0.717, 1.165) is 19.4 Å². The number of hydrogen-bond donors (Lipinski definition) is 1. The highest BCUT2D eigenvalue weighted by molar-refractivity contribution is 5.75. The van der Waals surface area contributed by atoms with Gasteiger partial charge in [0.25, 0.3) is 0 Å². The first-order valence-electron chi connectivity index (χ1n) is 5.04. The van der Waals surface area contributed by atoms with Gasteiger partial charge in [0.05, 0.1) is 12.0 Å². The number of terminal acetylenes is 1. The minimum Gasteiger partial charge on any atom is -0.481 e. The third kappa shape index (κ3) is 2.08. The number of carboxylic acids is 1. The van der Waals surface area contributed by atoms with Crippen molar-refractivity contribution in [1.82, 2.24) is 4.90 Å². The van der Waals surface area contributed by atoms with E-state index in [-0.39, 0.29) is 0 Å². The molecule has 0 aromatic carbocycles. The number of likely N-dealkylation sites (tertiary alicyclic amines) is 1. The van der Waals surface area contributed by atoms with Crippen LogP contribution in [-0.4, -0.2) is 35.6 Å². The van der Waals surface area contributed by atoms with Crippen molar-refractivity contribution in [3.05, 3.63) is 0 Å². The van der Waals surface area contributed by atoms with E-state index in [2.05, 4.69) is 10.8 Å². The van der Waals surface area contributed by atoms with E-state index in [1.54, 1.807) is 0 Å². The SMILES string of the molecule is C#CCN1CCCC(CC)(C(=O)O)C1. The van der Waals surface area contributed by atoms with Gasteiger partial charge in [0.1, 0.15) is 0 Å². The average Bonchev–Trinajstić information content (AvgIpc) is 2.18. The second-order valence-corrected chi connectivity index (χ2v) is 3.96. The summed E-state index contributed by atoms with van der Waals surface area (Å²) < 4.78 is 0. The van der Waals surface area contributed by atoms with Crippen LogP contribution in [0.1, 0.15) is 26.2 Å². The van der Waals surface area contributed by atoms with Gasteiger partial charge < -0.3 is 5.11 Å². The molecule has 1 rings (SSSR count). The summed E-state index contributed by atoms with van der Waals surface area (Å²) in [5.41, 5.74) is -0.560. The molecule has 0 radical (unpaired) electrons. The highest BCUT2D eigenvalue weighted by atomic mass is 16.4. The zero-order valence-electron chi connectivity index (χ0n) is 8.62. The summed E-state index contributed by atoms with van der Waals surface area (Å²) in [7, 11) is 0. The summed E-state index contributed by atoms with van der Waals surface area (Å²) in [5, 5.41) is 9.20. The van der Waals surface area contributed by atoms with Gasteiger partial charge in [0, 0.05) is 6.54 Å². The van der Waals surface area contributed by atoms with Gasteiger partial charge in [-0.3, -0.25) is 9.69 Å². The lowest BCUT2D eigenvalue weighted by molar-refractivity contribution is -0.152. The number of aliphatic carboxylic acids is 1. The zero-order chi connectivity index (χ0) is 10.6. The predicted octanol–water partition coefficient (Wildman–Crippen LogP) is 1.20. The molecular formula is C11H17NO2. The Bertz CT molecular complexity index is 257. The summed E-state index contributed by atoms with van der Waals surface area (Å²) in [6.45, 7) is 4.03. The van der Waals surface area contributed by atoms with Crippen molar-refractivity contribution in [1.29, 1.82) is 0 Å². The number of rotatable bonds is 3. The van der Waals surface area contributed by atoms with Crippen molar-refractivity contribution in [2.75, 3.05) is 19.6 Å². The van der Waals surface area contributed by atoms with Gasteiger partial charge in [-0.15, -0.1) is 6.42 Å². The fraction of sp³-hybridized carbons (Fsp3) is 0.727. The van der Waals surface area contributed by atoms with Crippen molar-refractivity contribution >= 4 is 5.97 Å². The first-order valence-corrected chi connectivity index (χ1v) is 5.04. The molecule has 1 fully saturated rings. The van der Waals surface area contributed by atoms with Gasteiger partial charge in [-0.1, -0.05) is 12.8 Å². The van der Waals surface area contributed by atoms with Crippen LogP contribution in [0.25, 0.3) is 0 Å². The van der Waals surface area contributed by atoms with Crippen LogP contribution in [0.3, 0.4) is 0 Å². The third-order valence-electron chi connectivity index (χ3n) is 3.10. The van der Waals surface area contributed by atoms with Gasteiger partial charge in [-0.25, -0.2) is 0 Å². The first kappa shape index (κ1) is 11.1. The Balaban J connectivity index is 2.70. The van der Waals surface area contributed by atoms with Crippen LogP contribution >= 0.6 is 0 Å². The molecule has 1 atom stereocenters. The molecule has 1 saturated heterocycles. The molecule has 14 heavy (non-hydrogen) atoms. The Labute approximate surface area is 85.1 Å². The number of nitrogens with zero attached hydrogens (tertiary/aromatic N) is 1. The molecule has 0 aromatic rings. The number of carboxylic acid groups (broad SMARTS) is 1. The van der Waals surface area contributed by atoms with E-state index in [0.29, 0.717) is 19.5 Å². The fourth-order valence-corrected chi connectivity index (χ4v) is 2.11. The molecule has 0 amide bonds. The highest BCUT2D eigenvalue weighted by Crippen LogP contribution is 2.33. The molecule has 78 valence electrons. The topological polar surface area (TPSA) is 40.5 Å². The molecule has 1 unspecified atom stereocenters. The van der Waals surface area contributed by atoms with Crippen LogP contribution < -0.4 is 0 Å². The van der Waals surface area contributed by atoms with Crippen LogP contribution in [0.15, 0.2) is 0 Å². The van der Waals surface area contributed by atoms with E-state index in [1.165, 1.54) is 0 Å². The Morgan fingerprint density at radius 1 is 1.71 bits per heavy atom. The molecule has 1 aliphatic rings. The lowest BCUT2D eigenvalue weighted by atomic mass is 9.78.